The maximum atomic E-state index is 13.4. The van der Waals surface area contributed by atoms with Gasteiger partial charge in [-0.3, -0.25) is 14.5 Å². The molecular weight excluding hydrogens is 426 g/mol. The number of fused-ring (bicyclic) bond motifs is 1. The van der Waals surface area contributed by atoms with Crippen LogP contribution in [0.1, 0.15) is 52.2 Å². The molecule has 2 fully saturated rings. The zero-order chi connectivity index (χ0) is 23.8. The van der Waals surface area contributed by atoms with Crippen LogP contribution < -0.4 is 9.64 Å². The van der Waals surface area contributed by atoms with Crippen LogP contribution in [-0.2, 0) is 9.59 Å². The number of anilines is 1. The summed E-state index contributed by atoms with van der Waals surface area (Å²) >= 11 is 0. The quantitative estimate of drug-likeness (QED) is 0.293. The van der Waals surface area contributed by atoms with Gasteiger partial charge in [0.1, 0.15) is 5.75 Å². The SMILES string of the molecule is Cc1ccc(C)c(OC(=O)c2cccc(N3C(=O)C4CCC(c5ccccc5)CC4C3=O)c2)c1. The Morgan fingerprint density at radius 3 is 2.41 bits per heavy atom. The van der Waals surface area contributed by atoms with Crippen molar-refractivity contribution in [1.82, 2.24) is 0 Å². The zero-order valence-corrected chi connectivity index (χ0v) is 19.4. The summed E-state index contributed by atoms with van der Waals surface area (Å²) in [6.07, 6.45) is 2.25. The lowest BCUT2D eigenvalue weighted by molar-refractivity contribution is -0.122. The summed E-state index contributed by atoms with van der Waals surface area (Å²) in [5.74, 6) is -0.691. The summed E-state index contributed by atoms with van der Waals surface area (Å²) in [6.45, 7) is 3.81. The molecule has 0 radical (unpaired) electrons. The average Bonchev–Trinajstić information content (AvgIpc) is 3.11. The first-order valence-corrected chi connectivity index (χ1v) is 11.7. The van der Waals surface area contributed by atoms with E-state index < -0.39 is 5.97 Å². The second kappa shape index (κ2) is 8.90. The third-order valence-electron chi connectivity index (χ3n) is 7.08. The number of ether oxygens (including phenoxy) is 1. The summed E-state index contributed by atoms with van der Waals surface area (Å²) in [4.78, 5) is 40.7. The van der Waals surface area contributed by atoms with Crippen molar-refractivity contribution in [3.63, 3.8) is 0 Å². The number of imide groups is 1. The summed E-state index contributed by atoms with van der Waals surface area (Å²) in [5, 5.41) is 0. The number of rotatable bonds is 4. The Kier molecular flexibility index (Phi) is 5.78. The topological polar surface area (TPSA) is 63.7 Å². The maximum Gasteiger partial charge on any atom is 0.343 e. The third-order valence-corrected chi connectivity index (χ3v) is 7.08. The normalized spacial score (nSPS) is 21.9. The maximum absolute atomic E-state index is 13.4. The lowest BCUT2D eigenvalue weighted by Gasteiger charge is -2.28. The fourth-order valence-electron chi connectivity index (χ4n) is 5.21. The first-order valence-electron chi connectivity index (χ1n) is 11.7. The molecule has 2 aliphatic rings. The van der Waals surface area contributed by atoms with Crippen LogP contribution in [0.2, 0.25) is 0 Å². The number of amides is 2. The number of nitrogens with zero attached hydrogens (tertiary/aromatic N) is 1. The van der Waals surface area contributed by atoms with E-state index in [-0.39, 0.29) is 29.6 Å². The zero-order valence-electron chi connectivity index (χ0n) is 19.4. The molecule has 1 aliphatic carbocycles. The predicted octanol–water partition coefficient (Wildman–Crippen LogP) is 5.60. The largest absolute Gasteiger partial charge is 0.423 e. The molecule has 0 bridgehead atoms. The van der Waals surface area contributed by atoms with Crippen LogP contribution in [0.4, 0.5) is 5.69 Å². The Morgan fingerprint density at radius 2 is 1.62 bits per heavy atom. The molecule has 0 spiro atoms. The Bertz CT molecular complexity index is 1270. The lowest BCUT2D eigenvalue weighted by Crippen LogP contribution is -2.31. The fourth-order valence-corrected chi connectivity index (χ4v) is 5.21. The molecular formula is C29H27NO4. The number of hydrogen-bond donors (Lipinski definition) is 0. The molecule has 5 heteroatoms. The van der Waals surface area contributed by atoms with Crippen molar-refractivity contribution in [2.75, 3.05) is 4.90 Å². The highest BCUT2D eigenvalue weighted by Gasteiger charge is 2.50. The molecule has 5 nitrogen and oxygen atoms in total. The molecule has 5 rings (SSSR count). The first kappa shape index (κ1) is 22.1. The summed E-state index contributed by atoms with van der Waals surface area (Å²) < 4.78 is 5.61. The average molecular weight is 454 g/mol. The van der Waals surface area contributed by atoms with Gasteiger partial charge in [0.25, 0.3) is 0 Å². The summed E-state index contributed by atoms with van der Waals surface area (Å²) in [7, 11) is 0. The van der Waals surface area contributed by atoms with Crippen molar-refractivity contribution < 1.29 is 19.1 Å². The van der Waals surface area contributed by atoms with Gasteiger partial charge in [-0.15, -0.1) is 0 Å². The van der Waals surface area contributed by atoms with Crippen molar-refractivity contribution >= 4 is 23.5 Å². The molecule has 1 saturated heterocycles. The molecule has 0 N–H and O–H groups in total. The van der Waals surface area contributed by atoms with Gasteiger partial charge in [-0.25, -0.2) is 4.79 Å². The second-order valence-corrected chi connectivity index (χ2v) is 9.35. The van der Waals surface area contributed by atoms with Crippen molar-refractivity contribution in [1.29, 1.82) is 0 Å². The minimum absolute atomic E-state index is 0.165. The molecule has 3 aromatic carbocycles. The molecule has 172 valence electrons. The lowest BCUT2D eigenvalue weighted by atomic mass is 9.73. The van der Waals surface area contributed by atoms with Gasteiger partial charge in [-0.1, -0.05) is 48.5 Å². The first-order chi connectivity index (χ1) is 16.4. The van der Waals surface area contributed by atoms with Crippen molar-refractivity contribution in [3.05, 3.63) is 95.1 Å². The van der Waals surface area contributed by atoms with Gasteiger partial charge in [0.2, 0.25) is 11.8 Å². The van der Waals surface area contributed by atoms with E-state index in [2.05, 4.69) is 12.1 Å². The van der Waals surface area contributed by atoms with Gasteiger partial charge >= 0.3 is 5.97 Å². The number of esters is 1. The van der Waals surface area contributed by atoms with Crippen molar-refractivity contribution in [2.45, 2.75) is 39.0 Å². The Morgan fingerprint density at radius 1 is 0.853 bits per heavy atom. The summed E-state index contributed by atoms with van der Waals surface area (Å²) in [6, 6.07) is 22.5. The van der Waals surface area contributed by atoms with E-state index in [0.717, 1.165) is 17.5 Å². The third kappa shape index (κ3) is 4.03. The molecule has 3 aromatic rings. The van der Waals surface area contributed by atoms with Crippen molar-refractivity contribution in [3.8, 4) is 5.75 Å². The number of carbonyl (C=O) groups is 3. The number of carbonyl (C=O) groups excluding carboxylic acids is 3. The Hall–Kier alpha value is -3.73. The van der Waals surface area contributed by atoms with Crippen LogP contribution in [0, 0.1) is 25.7 Å². The molecule has 3 atom stereocenters. The highest BCUT2D eigenvalue weighted by molar-refractivity contribution is 6.22. The molecule has 0 aromatic heterocycles. The number of hydrogen-bond acceptors (Lipinski definition) is 4. The van der Waals surface area contributed by atoms with E-state index in [4.69, 9.17) is 4.74 Å². The molecule has 34 heavy (non-hydrogen) atoms. The molecule has 1 saturated carbocycles. The second-order valence-electron chi connectivity index (χ2n) is 9.35. The van der Waals surface area contributed by atoms with Gasteiger partial charge in [0.15, 0.2) is 0 Å². The van der Waals surface area contributed by atoms with Gasteiger partial charge in [0, 0.05) is 0 Å². The molecule has 1 heterocycles. The van der Waals surface area contributed by atoms with Gasteiger partial charge in [0.05, 0.1) is 23.1 Å². The van der Waals surface area contributed by atoms with Gasteiger partial charge in [-0.2, -0.15) is 0 Å². The predicted molar refractivity (Wildman–Crippen MR) is 130 cm³/mol. The Labute approximate surface area is 199 Å². The van der Waals surface area contributed by atoms with Crippen LogP contribution in [0.3, 0.4) is 0 Å². The van der Waals surface area contributed by atoms with Gasteiger partial charge < -0.3 is 4.74 Å². The molecule has 3 unspecified atom stereocenters. The van der Waals surface area contributed by atoms with E-state index in [1.807, 2.05) is 50.2 Å². The molecule has 2 amide bonds. The van der Waals surface area contributed by atoms with Crippen LogP contribution >= 0.6 is 0 Å². The highest BCUT2D eigenvalue weighted by atomic mass is 16.5. The summed E-state index contributed by atoms with van der Waals surface area (Å²) in [5.41, 5.74) is 3.80. The van der Waals surface area contributed by atoms with Gasteiger partial charge in [-0.05, 0) is 80.0 Å². The smallest absolute Gasteiger partial charge is 0.343 e. The number of aryl methyl sites for hydroxylation is 2. The minimum atomic E-state index is -0.517. The van der Waals surface area contributed by atoms with E-state index >= 15 is 0 Å². The van der Waals surface area contributed by atoms with Crippen LogP contribution in [-0.4, -0.2) is 17.8 Å². The van der Waals surface area contributed by atoms with Crippen LogP contribution in [0.25, 0.3) is 0 Å². The standard InChI is InChI=1S/C29H27NO4/c1-18-11-12-19(2)26(15-18)34-29(33)22-9-6-10-23(16-22)30-27(31)24-14-13-21(17-25(24)28(30)32)20-7-4-3-5-8-20/h3-12,15-16,21,24-25H,13-14,17H2,1-2H3. The van der Waals surface area contributed by atoms with E-state index in [1.165, 1.54) is 10.5 Å². The van der Waals surface area contributed by atoms with E-state index in [1.54, 1.807) is 24.3 Å². The Balaban J connectivity index is 1.37. The fraction of sp³-hybridized carbons (Fsp3) is 0.276. The van der Waals surface area contributed by atoms with Crippen LogP contribution in [0.5, 0.6) is 5.75 Å². The minimum Gasteiger partial charge on any atom is -0.423 e. The highest BCUT2D eigenvalue weighted by Crippen LogP contribution is 2.45. The van der Waals surface area contributed by atoms with Crippen LogP contribution in [0.15, 0.2) is 72.8 Å². The number of benzene rings is 3. The van der Waals surface area contributed by atoms with Crippen molar-refractivity contribution in [2.24, 2.45) is 11.8 Å². The van der Waals surface area contributed by atoms with E-state index in [9.17, 15) is 14.4 Å². The van der Waals surface area contributed by atoms with E-state index in [0.29, 0.717) is 29.8 Å². The molecule has 1 aliphatic heterocycles. The monoisotopic (exact) mass is 453 g/mol.